The first-order valence-corrected chi connectivity index (χ1v) is 34.4. The van der Waals surface area contributed by atoms with Gasteiger partial charge in [0.25, 0.3) is 0 Å². The molecule has 9 heteroatoms. The molecule has 9 nitrogen and oxygen atoms in total. The number of unbranched alkanes of at least 4 members (excludes halogenated alkanes) is 28. The van der Waals surface area contributed by atoms with E-state index in [9.17, 15) is 30.3 Å². The summed E-state index contributed by atoms with van der Waals surface area (Å²) in [5.74, 6) is -0.194. The highest BCUT2D eigenvalue weighted by molar-refractivity contribution is 5.76. The van der Waals surface area contributed by atoms with Crippen molar-refractivity contribution in [2.45, 2.75) is 320 Å². The molecule has 0 aromatic rings. The number of aliphatic hydroxyl groups is 5. The van der Waals surface area contributed by atoms with Gasteiger partial charge in [0.2, 0.25) is 5.91 Å². The Hall–Kier alpha value is -3.67. The number of rotatable bonds is 58. The van der Waals surface area contributed by atoms with Crippen molar-refractivity contribution in [2.24, 2.45) is 0 Å². The number of hydrogen-bond acceptors (Lipinski definition) is 8. The molecule has 1 fully saturated rings. The lowest BCUT2D eigenvalue weighted by molar-refractivity contribution is -0.302. The molecule has 0 aromatic heterocycles. The van der Waals surface area contributed by atoms with E-state index in [4.69, 9.17) is 9.47 Å². The van der Waals surface area contributed by atoms with Crippen LogP contribution in [-0.2, 0) is 14.3 Å². The van der Waals surface area contributed by atoms with E-state index in [1.54, 1.807) is 6.08 Å². The lowest BCUT2D eigenvalue weighted by atomic mass is 9.99. The first-order chi connectivity index (χ1) is 41.3. The fourth-order valence-electron chi connectivity index (χ4n) is 10.1. The average molecular weight is 1170 g/mol. The van der Waals surface area contributed by atoms with Crippen LogP contribution in [0.4, 0.5) is 0 Å². The van der Waals surface area contributed by atoms with Crippen LogP contribution in [0.3, 0.4) is 0 Å². The van der Waals surface area contributed by atoms with Gasteiger partial charge < -0.3 is 40.3 Å². The molecule has 0 aliphatic carbocycles. The number of carbonyl (C=O) groups excluding carboxylic acids is 1. The van der Waals surface area contributed by atoms with Crippen LogP contribution in [0, 0.1) is 0 Å². The molecule has 480 valence electrons. The third-order valence-electron chi connectivity index (χ3n) is 15.4. The number of hydrogen-bond donors (Lipinski definition) is 6. The lowest BCUT2D eigenvalue weighted by Gasteiger charge is -2.40. The van der Waals surface area contributed by atoms with Gasteiger partial charge in [-0.05, 0) is 109 Å². The summed E-state index contributed by atoms with van der Waals surface area (Å²) in [7, 11) is 0. The van der Waals surface area contributed by atoms with Gasteiger partial charge in [-0.2, -0.15) is 0 Å². The number of carbonyl (C=O) groups is 1. The lowest BCUT2D eigenvalue weighted by Crippen LogP contribution is -2.60. The van der Waals surface area contributed by atoms with Crippen molar-refractivity contribution >= 4 is 5.91 Å². The van der Waals surface area contributed by atoms with E-state index in [1.807, 2.05) is 6.08 Å². The average Bonchev–Trinajstić information content (AvgIpc) is 3.70. The molecule has 1 amide bonds. The summed E-state index contributed by atoms with van der Waals surface area (Å²) in [6.45, 7) is 3.65. The minimum atomic E-state index is -1.58. The molecule has 1 heterocycles. The Morgan fingerprint density at radius 3 is 1.14 bits per heavy atom. The first-order valence-electron chi connectivity index (χ1n) is 34.4. The first kappa shape index (κ1) is 78.3. The Morgan fingerprint density at radius 2 is 0.750 bits per heavy atom. The zero-order valence-electron chi connectivity index (χ0n) is 53.6. The van der Waals surface area contributed by atoms with Crippen LogP contribution in [0.15, 0.2) is 134 Å². The predicted molar refractivity (Wildman–Crippen MR) is 359 cm³/mol. The van der Waals surface area contributed by atoms with Gasteiger partial charge in [-0.3, -0.25) is 4.79 Å². The quantitative estimate of drug-likeness (QED) is 0.0261. The highest BCUT2D eigenvalue weighted by atomic mass is 16.7. The maximum Gasteiger partial charge on any atom is 0.220 e. The Balaban J connectivity index is 2.16. The zero-order valence-corrected chi connectivity index (χ0v) is 53.6. The molecular weight excluding hydrogens is 1040 g/mol. The number of allylic oxidation sites excluding steroid dienone is 21. The molecule has 84 heavy (non-hydrogen) atoms. The van der Waals surface area contributed by atoms with Crippen molar-refractivity contribution in [1.82, 2.24) is 5.32 Å². The SMILES string of the molecule is CC/C=C\C/C=C\C/C=C\C/C=C\C/C=C\C/C=C\C/C=C\C/C=C\CCCCCCCCCCCCCCCCC(=O)NC(COC1OC(CO)C(O)C(O)C1O)C(O)/C=C/CC/C=C/CC/C=C/CCCCCCCCCCCCCC. The van der Waals surface area contributed by atoms with Gasteiger partial charge >= 0.3 is 0 Å². The molecule has 7 atom stereocenters. The fraction of sp³-hybridized carbons (Fsp3) is 0.693. The third-order valence-corrected chi connectivity index (χ3v) is 15.4. The summed E-state index contributed by atoms with van der Waals surface area (Å²) >= 11 is 0. The van der Waals surface area contributed by atoms with Crippen LogP contribution in [0.2, 0.25) is 0 Å². The summed E-state index contributed by atoms with van der Waals surface area (Å²) < 4.78 is 11.3. The number of aliphatic hydroxyl groups excluding tert-OH is 5. The highest BCUT2D eigenvalue weighted by Crippen LogP contribution is 2.23. The molecule has 0 bridgehead atoms. The Morgan fingerprint density at radius 1 is 0.417 bits per heavy atom. The number of ether oxygens (including phenoxy) is 2. The highest BCUT2D eigenvalue weighted by Gasteiger charge is 2.44. The minimum Gasteiger partial charge on any atom is -0.394 e. The van der Waals surface area contributed by atoms with Gasteiger partial charge in [0, 0.05) is 6.42 Å². The Labute approximate surface area is 515 Å². The van der Waals surface area contributed by atoms with E-state index < -0.39 is 49.5 Å². The van der Waals surface area contributed by atoms with Crippen LogP contribution in [0.25, 0.3) is 0 Å². The minimum absolute atomic E-state index is 0.194. The zero-order chi connectivity index (χ0) is 60.7. The topological polar surface area (TPSA) is 149 Å². The Bertz CT molecular complexity index is 1790. The molecule has 1 aliphatic rings. The van der Waals surface area contributed by atoms with Crippen LogP contribution in [-0.4, -0.2) is 87.5 Å². The number of amides is 1. The van der Waals surface area contributed by atoms with Crippen molar-refractivity contribution < 1.29 is 39.8 Å². The van der Waals surface area contributed by atoms with E-state index in [2.05, 4.69) is 141 Å². The van der Waals surface area contributed by atoms with Gasteiger partial charge in [0.05, 0.1) is 25.4 Å². The second kappa shape index (κ2) is 62.4. The second-order valence-corrected chi connectivity index (χ2v) is 23.2. The molecule has 0 saturated carbocycles. The monoisotopic (exact) mass is 1170 g/mol. The molecule has 1 aliphatic heterocycles. The molecule has 0 radical (unpaired) electrons. The maximum absolute atomic E-state index is 13.1. The van der Waals surface area contributed by atoms with Crippen molar-refractivity contribution in [1.29, 1.82) is 0 Å². The van der Waals surface area contributed by atoms with E-state index in [-0.39, 0.29) is 12.5 Å². The van der Waals surface area contributed by atoms with Gasteiger partial charge in [-0.1, -0.05) is 295 Å². The van der Waals surface area contributed by atoms with Crippen molar-refractivity contribution in [3.05, 3.63) is 134 Å². The largest absolute Gasteiger partial charge is 0.394 e. The summed E-state index contributed by atoms with van der Waals surface area (Å²) in [6.07, 6.45) is 88.3. The standard InChI is InChI=1S/C75H127NO8/c1-3-5-7-9-11-13-15-17-19-21-23-25-27-28-29-30-31-32-33-34-35-36-37-38-39-40-41-42-43-45-47-49-51-53-55-57-59-61-63-65-71(79)76-68(67-83-75-74(82)73(81)72(80)70(66-77)84-75)69(78)64-62-60-58-56-54-52-50-48-46-44-26-24-22-20-18-16-14-12-10-8-6-4-2/h5,7,11,13,17,19,23,25,28-29,31-32,34-35,37-38,46,48,54,56,62,64,68-70,72-75,77-78,80-82H,3-4,6,8-10,12,14-16,18,20-22,24,26-27,30,33,36,39-45,47,49-53,55,57-61,63,65-67H2,1-2H3,(H,76,79)/b7-5-,13-11-,19-17-,25-23-,29-28-,32-31-,35-34-,38-37-,48-46+,56-54+,64-62+. The smallest absolute Gasteiger partial charge is 0.220 e. The van der Waals surface area contributed by atoms with Gasteiger partial charge in [0.15, 0.2) is 6.29 Å². The fourth-order valence-corrected chi connectivity index (χ4v) is 10.1. The molecule has 1 saturated heterocycles. The molecule has 0 spiro atoms. The summed E-state index contributed by atoms with van der Waals surface area (Å²) in [4.78, 5) is 13.1. The van der Waals surface area contributed by atoms with Crippen molar-refractivity contribution in [3.63, 3.8) is 0 Å². The molecule has 1 rings (SSSR count). The van der Waals surface area contributed by atoms with E-state index >= 15 is 0 Å². The summed E-state index contributed by atoms with van der Waals surface area (Å²) in [5, 5.41) is 54.7. The maximum atomic E-state index is 13.1. The van der Waals surface area contributed by atoms with Crippen LogP contribution in [0.1, 0.15) is 277 Å². The van der Waals surface area contributed by atoms with Gasteiger partial charge in [-0.25, -0.2) is 0 Å². The molecular formula is C75H127NO8. The predicted octanol–water partition coefficient (Wildman–Crippen LogP) is 18.8. The normalized spacial score (nSPS) is 19.1. The summed E-state index contributed by atoms with van der Waals surface area (Å²) in [5.41, 5.74) is 0. The van der Waals surface area contributed by atoms with Gasteiger partial charge in [0.1, 0.15) is 24.4 Å². The number of nitrogens with one attached hydrogen (secondary N) is 1. The van der Waals surface area contributed by atoms with Crippen molar-refractivity contribution in [2.75, 3.05) is 13.2 Å². The molecule has 6 N–H and O–H groups in total. The molecule has 7 unspecified atom stereocenters. The Kier molecular flexibility index (Phi) is 58.2. The van der Waals surface area contributed by atoms with E-state index in [1.165, 1.54) is 161 Å². The van der Waals surface area contributed by atoms with E-state index in [0.717, 1.165) is 96.3 Å². The van der Waals surface area contributed by atoms with Gasteiger partial charge in [-0.15, -0.1) is 0 Å². The third kappa shape index (κ3) is 50.5. The second-order valence-electron chi connectivity index (χ2n) is 23.2. The molecule has 0 aromatic carbocycles. The van der Waals surface area contributed by atoms with Crippen LogP contribution >= 0.6 is 0 Å². The van der Waals surface area contributed by atoms with Crippen LogP contribution in [0.5, 0.6) is 0 Å². The van der Waals surface area contributed by atoms with Crippen LogP contribution < -0.4 is 5.32 Å². The summed E-state index contributed by atoms with van der Waals surface area (Å²) in [6, 6.07) is -0.838. The van der Waals surface area contributed by atoms with Crippen molar-refractivity contribution in [3.8, 4) is 0 Å². The van der Waals surface area contributed by atoms with E-state index in [0.29, 0.717) is 6.42 Å².